The van der Waals surface area contributed by atoms with Crippen LogP contribution in [0.3, 0.4) is 0 Å². The molecule has 0 atom stereocenters. The van der Waals surface area contributed by atoms with Crippen molar-refractivity contribution in [3.8, 4) is 0 Å². The van der Waals surface area contributed by atoms with E-state index in [0.29, 0.717) is 26.4 Å². The van der Waals surface area contributed by atoms with E-state index in [2.05, 4.69) is 0 Å². The second-order valence-electron chi connectivity index (χ2n) is 3.67. The Labute approximate surface area is 78.1 Å². The third-order valence-electron chi connectivity index (χ3n) is 2.65. The first kappa shape index (κ1) is 9.40. The summed E-state index contributed by atoms with van der Waals surface area (Å²) in [7, 11) is 0. The number of rotatable bonds is 1. The predicted molar refractivity (Wildman–Crippen MR) is 45.2 cm³/mol. The molecule has 4 nitrogen and oxygen atoms in total. The van der Waals surface area contributed by atoms with Crippen LogP contribution in [0.15, 0.2) is 0 Å². The van der Waals surface area contributed by atoms with Gasteiger partial charge in [-0.3, -0.25) is 0 Å². The minimum Gasteiger partial charge on any atom is -0.345 e. The Hall–Kier alpha value is -0.160. The van der Waals surface area contributed by atoms with E-state index in [1.54, 1.807) is 0 Å². The van der Waals surface area contributed by atoms with Crippen LogP contribution in [-0.2, 0) is 18.9 Å². The van der Waals surface area contributed by atoms with Crippen molar-refractivity contribution in [2.75, 3.05) is 26.4 Å². The van der Waals surface area contributed by atoms with Gasteiger partial charge in [-0.1, -0.05) is 6.92 Å². The lowest BCUT2D eigenvalue weighted by atomic mass is 10.2. The van der Waals surface area contributed by atoms with Crippen LogP contribution in [0.4, 0.5) is 0 Å². The third kappa shape index (κ3) is 1.72. The van der Waals surface area contributed by atoms with Gasteiger partial charge in [-0.15, -0.1) is 0 Å². The molecule has 2 rings (SSSR count). The summed E-state index contributed by atoms with van der Waals surface area (Å²) in [5.41, 5.74) is 0. The molecule has 0 aromatic heterocycles. The van der Waals surface area contributed by atoms with Gasteiger partial charge in [0.25, 0.3) is 0 Å². The fourth-order valence-corrected chi connectivity index (χ4v) is 1.48. The van der Waals surface area contributed by atoms with Gasteiger partial charge in [0, 0.05) is 0 Å². The Bertz CT molecular complexity index is 176. The highest BCUT2D eigenvalue weighted by Crippen LogP contribution is 2.31. The first-order chi connectivity index (χ1) is 6.18. The monoisotopic (exact) mass is 188 g/mol. The summed E-state index contributed by atoms with van der Waals surface area (Å²) < 4.78 is 22.1. The molecule has 0 aromatic rings. The lowest BCUT2D eigenvalue weighted by molar-refractivity contribution is -0.356. The zero-order chi connectivity index (χ0) is 9.36. The molecule has 13 heavy (non-hydrogen) atoms. The van der Waals surface area contributed by atoms with E-state index in [4.69, 9.17) is 18.9 Å². The van der Waals surface area contributed by atoms with Crippen molar-refractivity contribution < 1.29 is 18.9 Å². The summed E-state index contributed by atoms with van der Waals surface area (Å²) in [5, 5.41) is 0. The standard InChI is InChI=1S/C9H16O4/c1-3-8(2)12-6-9(7-13-8)10-4-5-11-9/h3-7H2,1-2H3. The van der Waals surface area contributed by atoms with Gasteiger partial charge < -0.3 is 18.9 Å². The van der Waals surface area contributed by atoms with E-state index in [0.717, 1.165) is 6.42 Å². The Morgan fingerprint density at radius 2 is 1.54 bits per heavy atom. The summed E-state index contributed by atoms with van der Waals surface area (Å²) in [6, 6.07) is 0. The first-order valence-corrected chi connectivity index (χ1v) is 4.74. The van der Waals surface area contributed by atoms with Crippen LogP contribution in [0.2, 0.25) is 0 Å². The highest BCUT2D eigenvalue weighted by atomic mass is 16.8. The highest BCUT2D eigenvalue weighted by Gasteiger charge is 2.45. The van der Waals surface area contributed by atoms with E-state index in [1.165, 1.54) is 0 Å². The van der Waals surface area contributed by atoms with E-state index in [1.807, 2.05) is 13.8 Å². The SMILES string of the molecule is CCC1(C)OCC2(CO1)OCCO2. The number of hydrogen-bond acceptors (Lipinski definition) is 4. The van der Waals surface area contributed by atoms with Crippen LogP contribution in [-0.4, -0.2) is 38.0 Å². The molecule has 2 aliphatic rings. The van der Waals surface area contributed by atoms with Gasteiger partial charge in [0.15, 0.2) is 5.79 Å². The molecule has 0 bridgehead atoms. The Morgan fingerprint density at radius 3 is 2.00 bits per heavy atom. The molecule has 0 saturated carbocycles. The average Bonchev–Trinajstić information content (AvgIpc) is 2.61. The van der Waals surface area contributed by atoms with Crippen molar-refractivity contribution in [1.29, 1.82) is 0 Å². The van der Waals surface area contributed by atoms with Crippen molar-refractivity contribution >= 4 is 0 Å². The van der Waals surface area contributed by atoms with Crippen LogP contribution in [0, 0.1) is 0 Å². The van der Waals surface area contributed by atoms with Gasteiger partial charge in [0.1, 0.15) is 13.2 Å². The molecule has 1 spiro atoms. The van der Waals surface area contributed by atoms with Crippen LogP contribution in [0.1, 0.15) is 20.3 Å². The van der Waals surface area contributed by atoms with E-state index in [9.17, 15) is 0 Å². The summed E-state index contributed by atoms with van der Waals surface area (Å²) in [6.45, 7) is 6.18. The predicted octanol–water partition coefficient (Wildman–Crippen LogP) is 0.903. The first-order valence-electron chi connectivity index (χ1n) is 4.74. The number of hydrogen-bond donors (Lipinski definition) is 0. The number of ether oxygens (including phenoxy) is 4. The Balaban J connectivity index is 1.95. The van der Waals surface area contributed by atoms with Crippen LogP contribution in [0.25, 0.3) is 0 Å². The maximum absolute atomic E-state index is 5.58. The molecule has 4 heteroatoms. The van der Waals surface area contributed by atoms with E-state index >= 15 is 0 Å². The fourth-order valence-electron chi connectivity index (χ4n) is 1.48. The zero-order valence-corrected chi connectivity index (χ0v) is 8.17. The van der Waals surface area contributed by atoms with Gasteiger partial charge >= 0.3 is 0 Å². The Morgan fingerprint density at radius 1 is 1.00 bits per heavy atom. The summed E-state index contributed by atoms with van der Waals surface area (Å²) in [4.78, 5) is 0. The van der Waals surface area contributed by atoms with Crippen molar-refractivity contribution in [2.45, 2.75) is 31.8 Å². The van der Waals surface area contributed by atoms with Crippen LogP contribution >= 0.6 is 0 Å². The minimum absolute atomic E-state index is 0.458. The van der Waals surface area contributed by atoms with Crippen LogP contribution in [0.5, 0.6) is 0 Å². The summed E-state index contributed by atoms with van der Waals surface area (Å²) >= 11 is 0. The normalized spacial score (nSPS) is 30.9. The van der Waals surface area contributed by atoms with Crippen molar-refractivity contribution in [3.05, 3.63) is 0 Å². The smallest absolute Gasteiger partial charge is 0.216 e. The van der Waals surface area contributed by atoms with Crippen molar-refractivity contribution in [1.82, 2.24) is 0 Å². The second kappa shape index (κ2) is 3.20. The highest BCUT2D eigenvalue weighted by molar-refractivity contribution is 4.80. The van der Waals surface area contributed by atoms with Crippen LogP contribution < -0.4 is 0 Å². The molecule has 0 aromatic carbocycles. The molecule has 2 fully saturated rings. The van der Waals surface area contributed by atoms with Gasteiger partial charge in [0.2, 0.25) is 5.79 Å². The van der Waals surface area contributed by atoms with E-state index in [-0.39, 0.29) is 0 Å². The van der Waals surface area contributed by atoms with Gasteiger partial charge in [-0.2, -0.15) is 0 Å². The molecular weight excluding hydrogens is 172 g/mol. The van der Waals surface area contributed by atoms with E-state index < -0.39 is 11.6 Å². The largest absolute Gasteiger partial charge is 0.345 e. The van der Waals surface area contributed by atoms with Gasteiger partial charge in [0.05, 0.1) is 13.2 Å². The molecule has 76 valence electrons. The zero-order valence-electron chi connectivity index (χ0n) is 8.17. The maximum Gasteiger partial charge on any atom is 0.216 e. The summed E-state index contributed by atoms with van der Waals surface area (Å²) in [5.74, 6) is -1.07. The minimum atomic E-state index is -0.616. The molecule has 2 heterocycles. The fraction of sp³-hybridized carbons (Fsp3) is 1.00. The maximum atomic E-state index is 5.58. The van der Waals surface area contributed by atoms with Crippen molar-refractivity contribution in [2.24, 2.45) is 0 Å². The quantitative estimate of drug-likeness (QED) is 0.612. The average molecular weight is 188 g/mol. The Kier molecular flexibility index (Phi) is 2.32. The molecule has 0 radical (unpaired) electrons. The summed E-state index contributed by atoms with van der Waals surface area (Å²) in [6.07, 6.45) is 0.836. The van der Waals surface area contributed by atoms with Gasteiger partial charge in [-0.25, -0.2) is 0 Å². The molecule has 2 aliphatic heterocycles. The molecule has 0 amide bonds. The topological polar surface area (TPSA) is 36.9 Å². The lowest BCUT2D eigenvalue weighted by Crippen LogP contribution is -2.52. The molecule has 2 saturated heterocycles. The lowest BCUT2D eigenvalue weighted by Gasteiger charge is -2.41. The second-order valence-corrected chi connectivity index (χ2v) is 3.67. The molecule has 0 aliphatic carbocycles. The third-order valence-corrected chi connectivity index (χ3v) is 2.65. The molecule has 0 N–H and O–H groups in total. The van der Waals surface area contributed by atoms with Crippen molar-refractivity contribution in [3.63, 3.8) is 0 Å². The molecular formula is C9H16O4. The molecule has 0 unspecified atom stereocenters. The van der Waals surface area contributed by atoms with Gasteiger partial charge in [-0.05, 0) is 13.3 Å².